The number of Topliss-reactive ketones (excluding diaryl/α,β-unsaturated/α-hetero) is 1. The first-order valence-electron chi connectivity index (χ1n) is 6.72. The van der Waals surface area contributed by atoms with Crippen LogP contribution in [-0.4, -0.2) is 29.1 Å². The number of pyridine rings is 1. The van der Waals surface area contributed by atoms with Crippen LogP contribution < -0.4 is 11.3 Å². The summed E-state index contributed by atoms with van der Waals surface area (Å²) in [6.07, 6.45) is 1.85. The summed E-state index contributed by atoms with van der Waals surface area (Å²) in [6, 6.07) is 1.69. The maximum atomic E-state index is 11.4. The molecule has 0 atom stereocenters. The average Bonchev–Trinajstić information content (AvgIpc) is 2.50. The Morgan fingerprint density at radius 1 is 1.30 bits per heavy atom. The lowest BCUT2D eigenvalue weighted by atomic mass is 9.79. The summed E-state index contributed by atoms with van der Waals surface area (Å²) in [7, 11) is -0.599. The van der Waals surface area contributed by atoms with E-state index in [-0.39, 0.29) is 12.2 Å². The van der Waals surface area contributed by atoms with Gasteiger partial charge >= 0.3 is 7.12 Å². The predicted octanol–water partition coefficient (Wildman–Crippen LogP) is 1.09. The molecule has 108 valence electrons. The minimum atomic E-state index is -0.599. The van der Waals surface area contributed by atoms with Gasteiger partial charge in [0.05, 0.1) is 16.8 Å². The normalized spacial score (nSPS) is 20.1. The summed E-state index contributed by atoms with van der Waals surface area (Å²) in [4.78, 5) is 15.7. The number of hydrogen-bond donors (Lipinski definition) is 1. The second-order valence-electron chi connectivity index (χ2n) is 6.23. The van der Waals surface area contributed by atoms with Gasteiger partial charge in [-0.25, -0.2) is 0 Å². The van der Waals surface area contributed by atoms with Gasteiger partial charge in [-0.15, -0.1) is 0 Å². The van der Waals surface area contributed by atoms with Gasteiger partial charge in [0.1, 0.15) is 5.78 Å². The summed E-state index contributed by atoms with van der Waals surface area (Å²) >= 11 is 0. The van der Waals surface area contributed by atoms with Gasteiger partial charge < -0.3 is 15.0 Å². The molecule has 2 rings (SSSR count). The lowest BCUT2D eigenvalue weighted by molar-refractivity contribution is -0.116. The van der Waals surface area contributed by atoms with Crippen molar-refractivity contribution in [1.29, 1.82) is 0 Å². The highest BCUT2D eigenvalue weighted by molar-refractivity contribution is 6.61. The van der Waals surface area contributed by atoms with E-state index in [1.54, 1.807) is 12.3 Å². The third-order valence-corrected chi connectivity index (χ3v) is 4.03. The topological polar surface area (TPSA) is 74.4 Å². The summed E-state index contributed by atoms with van der Waals surface area (Å²) in [5.41, 5.74) is 6.91. The summed E-state index contributed by atoms with van der Waals surface area (Å²) < 4.78 is 12.0. The largest absolute Gasteiger partial charge is 0.514 e. The molecular weight excluding hydrogens is 255 g/mol. The van der Waals surface area contributed by atoms with Crippen LogP contribution in [-0.2, 0) is 20.5 Å². The number of ketones is 1. The van der Waals surface area contributed by atoms with Crippen molar-refractivity contribution in [3.8, 4) is 0 Å². The highest BCUT2D eigenvalue weighted by atomic mass is 16.7. The van der Waals surface area contributed by atoms with E-state index >= 15 is 0 Å². The molecule has 6 heteroatoms. The fourth-order valence-electron chi connectivity index (χ4n) is 2.12. The maximum absolute atomic E-state index is 11.4. The molecule has 1 saturated heterocycles. The quantitative estimate of drug-likeness (QED) is 0.836. The fraction of sp³-hybridized carbons (Fsp3) is 0.571. The minimum Gasteiger partial charge on any atom is -0.398 e. The van der Waals surface area contributed by atoms with Crippen molar-refractivity contribution >= 4 is 24.2 Å². The molecule has 2 heterocycles. The van der Waals surface area contributed by atoms with E-state index in [2.05, 4.69) is 4.98 Å². The monoisotopic (exact) mass is 276 g/mol. The van der Waals surface area contributed by atoms with Crippen LogP contribution in [0.2, 0.25) is 0 Å². The molecule has 1 aromatic heterocycles. The third-order valence-electron chi connectivity index (χ3n) is 4.03. The van der Waals surface area contributed by atoms with E-state index in [0.717, 1.165) is 0 Å². The van der Waals surface area contributed by atoms with E-state index in [4.69, 9.17) is 15.0 Å². The number of carbonyl (C=O) groups excluding carboxylic acids is 1. The highest BCUT2D eigenvalue weighted by Gasteiger charge is 2.53. The number of rotatable bonds is 3. The van der Waals surface area contributed by atoms with Gasteiger partial charge in [0, 0.05) is 23.9 Å². The molecule has 1 fully saturated rings. The Labute approximate surface area is 120 Å². The Bertz CT molecular complexity index is 527. The molecule has 0 unspecified atom stereocenters. The first-order chi connectivity index (χ1) is 9.14. The molecule has 0 spiro atoms. The molecule has 1 aliphatic rings. The first kappa shape index (κ1) is 15.0. The Hall–Kier alpha value is -1.40. The fourth-order valence-corrected chi connectivity index (χ4v) is 2.12. The molecule has 1 aromatic rings. The van der Waals surface area contributed by atoms with Crippen LogP contribution in [0.5, 0.6) is 0 Å². The zero-order valence-electron chi connectivity index (χ0n) is 12.7. The molecule has 20 heavy (non-hydrogen) atoms. The van der Waals surface area contributed by atoms with Crippen LogP contribution in [0.3, 0.4) is 0 Å². The van der Waals surface area contributed by atoms with Crippen LogP contribution >= 0.6 is 0 Å². The standard InChI is InChI=1S/C14H21BN2O3/c1-9(18)8-10-11(16)6-7-17-12(10)15-19-13(2,3)14(4,5)20-15/h6-7H,8H2,1-5H3,(H2,16,17). The van der Waals surface area contributed by atoms with E-state index < -0.39 is 18.3 Å². The van der Waals surface area contributed by atoms with Gasteiger partial charge in [-0.3, -0.25) is 9.78 Å². The zero-order chi connectivity index (χ0) is 15.1. The van der Waals surface area contributed by atoms with E-state index in [1.807, 2.05) is 27.7 Å². The molecule has 0 bridgehead atoms. The highest BCUT2D eigenvalue weighted by Crippen LogP contribution is 2.36. The van der Waals surface area contributed by atoms with Crippen LogP contribution in [0, 0.1) is 0 Å². The molecule has 0 saturated carbocycles. The molecule has 1 aliphatic heterocycles. The van der Waals surface area contributed by atoms with Crippen LogP contribution in [0.15, 0.2) is 12.3 Å². The summed E-state index contributed by atoms with van der Waals surface area (Å²) in [5, 5.41) is 0. The number of nitrogens with zero attached hydrogens (tertiary/aromatic N) is 1. The van der Waals surface area contributed by atoms with Gasteiger partial charge in [-0.1, -0.05) is 0 Å². The number of nitrogen functional groups attached to an aromatic ring is 1. The molecule has 0 aromatic carbocycles. The molecule has 0 radical (unpaired) electrons. The molecule has 0 amide bonds. The summed E-state index contributed by atoms with van der Waals surface area (Å²) in [6.45, 7) is 9.43. The number of hydrogen-bond acceptors (Lipinski definition) is 5. The molecule has 5 nitrogen and oxygen atoms in total. The lowest BCUT2D eigenvalue weighted by Crippen LogP contribution is -2.41. The van der Waals surface area contributed by atoms with Gasteiger partial charge in [-0.05, 0) is 40.7 Å². The van der Waals surface area contributed by atoms with E-state index in [9.17, 15) is 4.79 Å². The van der Waals surface area contributed by atoms with Gasteiger partial charge in [-0.2, -0.15) is 0 Å². The average molecular weight is 276 g/mol. The van der Waals surface area contributed by atoms with Gasteiger partial charge in [0.15, 0.2) is 0 Å². The number of anilines is 1. The maximum Gasteiger partial charge on any atom is 0.514 e. The summed E-state index contributed by atoms with van der Waals surface area (Å²) in [5.74, 6) is 0.0301. The molecule has 0 aliphatic carbocycles. The van der Waals surface area contributed by atoms with Crippen molar-refractivity contribution in [2.24, 2.45) is 0 Å². The molecule has 2 N–H and O–H groups in total. The third kappa shape index (κ3) is 2.58. The van der Waals surface area contributed by atoms with Crippen molar-refractivity contribution in [1.82, 2.24) is 4.98 Å². The Balaban J connectivity index is 2.40. The number of aromatic nitrogens is 1. The van der Waals surface area contributed by atoms with Crippen molar-refractivity contribution in [3.05, 3.63) is 17.8 Å². The zero-order valence-corrected chi connectivity index (χ0v) is 12.7. The lowest BCUT2D eigenvalue weighted by Gasteiger charge is -2.32. The molecular formula is C14H21BN2O3. The van der Waals surface area contributed by atoms with Gasteiger partial charge in [0.2, 0.25) is 0 Å². The van der Waals surface area contributed by atoms with Crippen molar-refractivity contribution in [2.45, 2.75) is 52.2 Å². The predicted molar refractivity (Wildman–Crippen MR) is 78.8 cm³/mol. The van der Waals surface area contributed by atoms with Crippen molar-refractivity contribution in [3.63, 3.8) is 0 Å². The smallest absolute Gasteiger partial charge is 0.398 e. The first-order valence-corrected chi connectivity index (χ1v) is 6.72. The van der Waals surface area contributed by atoms with E-state index in [0.29, 0.717) is 16.8 Å². The van der Waals surface area contributed by atoms with Crippen molar-refractivity contribution in [2.75, 3.05) is 5.73 Å². The second-order valence-corrected chi connectivity index (χ2v) is 6.23. The number of nitrogens with two attached hydrogens (primary N) is 1. The van der Waals surface area contributed by atoms with Crippen LogP contribution in [0.25, 0.3) is 0 Å². The Morgan fingerprint density at radius 3 is 2.35 bits per heavy atom. The SMILES string of the molecule is CC(=O)Cc1c(N)ccnc1B1OC(C)(C)C(C)(C)O1. The Kier molecular flexibility index (Phi) is 3.65. The Morgan fingerprint density at radius 2 is 1.85 bits per heavy atom. The minimum absolute atomic E-state index is 0.0301. The van der Waals surface area contributed by atoms with Crippen LogP contribution in [0.4, 0.5) is 5.69 Å². The van der Waals surface area contributed by atoms with E-state index in [1.165, 1.54) is 6.92 Å². The number of carbonyl (C=O) groups is 1. The van der Waals surface area contributed by atoms with Crippen molar-refractivity contribution < 1.29 is 14.1 Å². The second kappa shape index (κ2) is 4.86. The van der Waals surface area contributed by atoms with Gasteiger partial charge in [0.25, 0.3) is 0 Å². The van der Waals surface area contributed by atoms with Crippen LogP contribution in [0.1, 0.15) is 40.2 Å².